The summed E-state index contributed by atoms with van der Waals surface area (Å²) in [5.74, 6) is -0.785. The molecule has 1 aromatic rings. The zero-order chi connectivity index (χ0) is 10.9. The second-order valence-corrected chi connectivity index (χ2v) is 4.27. The van der Waals surface area contributed by atoms with Crippen molar-refractivity contribution in [3.8, 4) is 0 Å². The molecule has 0 radical (unpaired) electrons. The molecule has 0 heterocycles. The van der Waals surface area contributed by atoms with Gasteiger partial charge in [0.2, 0.25) is 0 Å². The molecular formula is C12H15NO2. The van der Waals surface area contributed by atoms with Crippen LogP contribution < -0.4 is 5.73 Å². The van der Waals surface area contributed by atoms with Crippen LogP contribution in [0.15, 0.2) is 30.3 Å². The van der Waals surface area contributed by atoms with Crippen LogP contribution in [-0.2, 0) is 11.2 Å². The largest absolute Gasteiger partial charge is 0.480 e. The fourth-order valence-corrected chi connectivity index (χ4v) is 2.12. The van der Waals surface area contributed by atoms with Crippen LogP contribution in [0.3, 0.4) is 0 Å². The summed E-state index contributed by atoms with van der Waals surface area (Å²) in [4.78, 5) is 11.0. The molecule has 3 nitrogen and oxygen atoms in total. The molecule has 2 rings (SSSR count). The molecule has 1 aromatic carbocycles. The lowest BCUT2D eigenvalue weighted by molar-refractivity contribution is -0.150. The van der Waals surface area contributed by atoms with Gasteiger partial charge in [-0.3, -0.25) is 4.79 Å². The summed E-state index contributed by atoms with van der Waals surface area (Å²) in [6, 6.07) is 9.91. The quantitative estimate of drug-likeness (QED) is 0.784. The number of benzene rings is 1. The summed E-state index contributed by atoms with van der Waals surface area (Å²) >= 11 is 0. The molecule has 0 unspecified atom stereocenters. The Hall–Kier alpha value is -1.35. The number of hydrogen-bond donors (Lipinski definition) is 2. The number of carbonyl (C=O) groups is 1. The van der Waals surface area contributed by atoms with Crippen molar-refractivity contribution in [3.63, 3.8) is 0 Å². The first-order chi connectivity index (χ1) is 7.13. The minimum atomic E-state index is -0.990. The summed E-state index contributed by atoms with van der Waals surface area (Å²) in [5.41, 5.74) is 6.01. The Morgan fingerprint density at radius 3 is 2.60 bits per heavy atom. The van der Waals surface area contributed by atoms with Gasteiger partial charge in [0.05, 0.1) is 0 Å². The first-order valence-corrected chi connectivity index (χ1v) is 5.19. The highest BCUT2D eigenvalue weighted by Crippen LogP contribution is 2.38. The minimum absolute atomic E-state index is 0.0809. The second-order valence-electron chi connectivity index (χ2n) is 4.27. The van der Waals surface area contributed by atoms with Crippen molar-refractivity contribution < 1.29 is 9.90 Å². The number of nitrogens with two attached hydrogens (primary N) is 1. The first-order valence-electron chi connectivity index (χ1n) is 5.19. The van der Waals surface area contributed by atoms with Crippen LogP contribution in [-0.4, -0.2) is 16.6 Å². The Labute approximate surface area is 88.9 Å². The molecular weight excluding hydrogens is 190 g/mol. The number of rotatable bonds is 3. The van der Waals surface area contributed by atoms with Crippen molar-refractivity contribution in [1.29, 1.82) is 0 Å². The van der Waals surface area contributed by atoms with Gasteiger partial charge >= 0.3 is 5.97 Å². The van der Waals surface area contributed by atoms with Gasteiger partial charge in [-0.05, 0) is 30.7 Å². The molecule has 0 spiro atoms. The summed E-state index contributed by atoms with van der Waals surface area (Å²) < 4.78 is 0. The molecule has 3 N–H and O–H groups in total. The molecule has 1 saturated carbocycles. The monoisotopic (exact) mass is 205 g/mol. The molecule has 15 heavy (non-hydrogen) atoms. The van der Waals surface area contributed by atoms with Crippen LogP contribution in [0.25, 0.3) is 0 Å². The van der Waals surface area contributed by atoms with Crippen molar-refractivity contribution in [2.75, 3.05) is 0 Å². The van der Waals surface area contributed by atoms with Gasteiger partial charge in [-0.15, -0.1) is 0 Å². The third kappa shape index (κ3) is 1.75. The number of carboxylic acids is 1. The van der Waals surface area contributed by atoms with E-state index in [4.69, 9.17) is 10.8 Å². The maximum absolute atomic E-state index is 11.0. The highest BCUT2D eigenvalue weighted by Gasteiger charge is 2.49. The van der Waals surface area contributed by atoms with Gasteiger partial charge in [0, 0.05) is 0 Å². The third-order valence-electron chi connectivity index (χ3n) is 3.36. The molecule has 1 aliphatic rings. The Morgan fingerprint density at radius 2 is 2.13 bits per heavy atom. The van der Waals surface area contributed by atoms with Gasteiger partial charge in [0.25, 0.3) is 0 Å². The van der Waals surface area contributed by atoms with E-state index in [2.05, 4.69) is 0 Å². The highest BCUT2D eigenvalue weighted by atomic mass is 16.4. The number of aliphatic carboxylic acids is 1. The van der Waals surface area contributed by atoms with Crippen LogP contribution in [0.4, 0.5) is 0 Å². The van der Waals surface area contributed by atoms with Crippen LogP contribution in [0, 0.1) is 5.92 Å². The van der Waals surface area contributed by atoms with Crippen molar-refractivity contribution >= 4 is 5.97 Å². The predicted octanol–water partition coefficient (Wildman–Crippen LogP) is 1.42. The van der Waals surface area contributed by atoms with Crippen molar-refractivity contribution in [3.05, 3.63) is 35.9 Å². The summed E-state index contributed by atoms with van der Waals surface area (Å²) in [5, 5.41) is 9.02. The minimum Gasteiger partial charge on any atom is -0.480 e. The smallest absolute Gasteiger partial charge is 0.323 e. The van der Waals surface area contributed by atoms with Crippen LogP contribution in [0.1, 0.15) is 18.4 Å². The second kappa shape index (κ2) is 3.66. The van der Waals surface area contributed by atoms with Crippen molar-refractivity contribution in [1.82, 2.24) is 0 Å². The Morgan fingerprint density at radius 1 is 1.47 bits per heavy atom. The highest BCUT2D eigenvalue weighted by molar-refractivity contribution is 5.80. The van der Waals surface area contributed by atoms with E-state index in [1.807, 2.05) is 30.3 Å². The normalized spacial score (nSPS) is 29.5. The molecule has 0 bridgehead atoms. The van der Waals surface area contributed by atoms with E-state index in [1.54, 1.807) is 0 Å². The molecule has 80 valence electrons. The van der Waals surface area contributed by atoms with Crippen LogP contribution in [0.2, 0.25) is 0 Å². The molecule has 0 saturated heterocycles. The summed E-state index contributed by atoms with van der Waals surface area (Å²) in [7, 11) is 0. The average Bonchev–Trinajstić information content (AvgIpc) is 2.24. The van der Waals surface area contributed by atoms with E-state index in [9.17, 15) is 4.79 Å². The molecule has 1 fully saturated rings. The van der Waals surface area contributed by atoms with E-state index in [-0.39, 0.29) is 5.92 Å². The van der Waals surface area contributed by atoms with Gasteiger partial charge in [-0.2, -0.15) is 0 Å². The van der Waals surface area contributed by atoms with E-state index < -0.39 is 11.5 Å². The zero-order valence-electron chi connectivity index (χ0n) is 8.52. The van der Waals surface area contributed by atoms with E-state index in [0.717, 1.165) is 12.8 Å². The molecule has 0 aliphatic heterocycles. The van der Waals surface area contributed by atoms with Crippen molar-refractivity contribution in [2.45, 2.75) is 24.8 Å². The maximum atomic E-state index is 11.0. The summed E-state index contributed by atoms with van der Waals surface area (Å²) in [6.45, 7) is 0. The molecule has 0 amide bonds. The third-order valence-corrected chi connectivity index (χ3v) is 3.36. The number of hydrogen-bond acceptors (Lipinski definition) is 2. The van der Waals surface area contributed by atoms with E-state index in [0.29, 0.717) is 6.42 Å². The lowest BCUT2D eigenvalue weighted by atomic mass is 9.65. The molecule has 2 atom stereocenters. The van der Waals surface area contributed by atoms with Gasteiger partial charge in [-0.25, -0.2) is 0 Å². The maximum Gasteiger partial charge on any atom is 0.323 e. The zero-order valence-corrected chi connectivity index (χ0v) is 8.52. The first kappa shape index (κ1) is 10.2. The average molecular weight is 205 g/mol. The van der Waals surface area contributed by atoms with E-state index in [1.165, 1.54) is 5.56 Å². The van der Waals surface area contributed by atoms with Gasteiger partial charge in [0.1, 0.15) is 5.54 Å². The van der Waals surface area contributed by atoms with Crippen LogP contribution in [0.5, 0.6) is 0 Å². The van der Waals surface area contributed by atoms with E-state index >= 15 is 0 Å². The number of carboxylic acid groups (broad SMARTS) is 1. The van der Waals surface area contributed by atoms with Crippen LogP contribution >= 0.6 is 0 Å². The van der Waals surface area contributed by atoms with Gasteiger partial charge < -0.3 is 10.8 Å². The fraction of sp³-hybridized carbons (Fsp3) is 0.417. The SMILES string of the molecule is N[C@@]1(C(=O)O)CC[C@@H]1Cc1ccccc1. The fourth-order valence-electron chi connectivity index (χ4n) is 2.12. The lowest BCUT2D eigenvalue weighted by Gasteiger charge is -2.43. The molecule has 3 heteroatoms. The lowest BCUT2D eigenvalue weighted by Crippen LogP contribution is -2.61. The molecule has 0 aromatic heterocycles. The molecule has 1 aliphatic carbocycles. The summed E-state index contributed by atoms with van der Waals surface area (Å²) in [6.07, 6.45) is 2.28. The Kier molecular flexibility index (Phi) is 2.49. The van der Waals surface area contributed by atoms with Gasteiger partial charge in [0.15, 0.2) is 0 Å². The predicted molar refractivity (Wildman–Crippen MR) is 57.4 cm³/mol. The topological polar surface area (TPSA) is 63.3 Å². The van der Waals surface area contributed by atoms with Gasteiger partial charge in [-0.1, -0.05) is 30.3 Å². The standard InChI is InChI=1S/C12H15NO2/c13-12(11(14)15)7-6-10(12)8-9-4-2-1-3-5-9/h1-5,10H,6-8,13H2,(H,14,15)/t10-,12+/m1/s1. The Balaban J connectivity index is 2.06. The van der Waals surface area contributed by atoms with Crippen molar-refractivity contribution in [2.24, 2.45) is 11.7 Å². The Bertz CT molecular complexity index is 363.